The molecule has 0 aliphatic carbocycles. The number of carbonyl (C=O) groups is 3. The van der Waals surface area contributed by atoms with E-state index in [2.05, 4.69) is 21.3 Å². The first-order valence-corrected chi connectivity index (χ1v) is 15.0. The number of hydrogen-bond donors (Lipinski definition) is 5. The average Bonchev–Trinajstić information content (AvgIpc) is 3.39. The normalized spacial score (nSPS) is 22.6. The summed E-state index contributed by atoms with van der Waals surface area (Å²) in [4.78, 5) is 34.6. The molecule has 8 nitrogen and oxygen atoms in total. The molecule has 2 saturated heterocycles. The molecule has 2 aliphatic rings. The van der Waals surface area contributed by atoms with E-state index < -0.39 is 6.10 Å². The molecule has 36 heavy (non-hydrogen) atoms. The Kier molecular flexibility index (Phi) is 15.0. The molecule has 9 heteroatoms. The number of aliphatic hydroxyl groups excluding tert-OH is 1. The number of aliphatic hydroxyl groups is 1. The van der Waals surface area contributed by atoms with Gasteiger partial charge in [0, 0.05) is 30.9 Å². The van der Waals surface area contributed by atoms with Crippen LogP contribution in [0, 0.1) is 0 Å². The highest BCUT2D eigenvalue weighted by molar-refractivity contribution is 8.00. The topological polar surface area (TPSA) is 120 Å². The molecule has 0 aromatic heterocycles. The van der Waals surface area contributed by atoms with Crippen molar-refractivity contribution >= 4 is 29.6 Å². The van der Waals surface area contributed by atoms with Gasteiger partial charge in [-0.15, -0.1) is 0 Å². The van der Waals surface area contributed by atoms with Crippen LogP contribution in [-0.2, 0) is 9.59 Å². The number of unbranched alkanes of at least 4 members (excludes halogenated alkanes) is 8. The Balaban J connectivity index is 1.34. The number of thioether (sulfide) groups is 1. The molecule has 3 unspecified atom stereocenters. The van der Waals surface area contributed by atoms with Crippen LogP contribution in [0.3, 0.4) is 0 Å². The summed E-state index contributed by atoms with van der Waals surface area (Å²) < 4.78 is 0. The Bertz CT molecular complexity index is 705. The van der Waals surface area contributed by atoms with Gasteiger partial charge in [-0.3, -0.25) is 9.59 Å². The third kappa shape index (κ3) is 12.0. The Labute approximate surface area is 221 Å². The highest BCUT2D eigenvalue weighted by Crippen LogP contribution is 2.33. The lowest BCUT2D eigenvalue weighted by Gasteiger charge is -2.19. The van der Waals surface area contributed by atoms with Crippen LogP contribution in [0.1, 0.15) is 97.3 Å². The Morgan fingerprint density at radius 3 is 2.53 bits per heavy atom. The summed E-state index contributed by atoms with van der Waals surface area (Å²) >= 11 is 1.93. The predicted octanol–water partition coefficient (Wildman–Crippen LogP) is 3.78. The van der Waals surface area contributed by atoms with Crippen molar-refractivity contribution in [3.05, 3.63) is 12.2 Å². The molecule has 206 valence electrons. The number of nitrogens with one attached hydrogen (secondary N) is 4. The molecular weight excluding hydrogens is 476 g/mol. The van der Waals surface area contributed by atoms with Gasteiger partial charge < -0.3 is 26.4 Å². The van der Waals surface area contributed by atoms with Crippen molar-refractivity contribution in [3.8, 4) is 0 Å². The highest BCUT2D eigenvalue weighted by Gasteiger charge is 2.42. The van der Waals surface area contributed by atoms with Crippen LogP contribution >= 0.6 is 11.8 Å². The zero-order valence-electron chi connectivity index (χ0n) is 22.2. The van der Waals surface area contributed by atoms with Crippen molar-refractivity contribution < 1.29 is 19.5 Å². The molecule has 5 atom stereocenters. The second-order valence-electron chi connectivity index (χ2n) is 10.1. The molecule has 2 aliphatic heterocycles. The SMILES string of the molecule is CC[C@H](NC(C)=O)[C@H](O)/C=C/CCCCCCCCCNC(=O)CCCCC1SCC2NC(=O)NC21. The number of amides is 4. The molecule has 2 rings (SSSR count). The van der Waals surface area contributed by atoms with Gasteiger partial charge in [-0.2, -0.15) is 11.8 Å². The van der Waals surface area contributed by atoms with E-state index in [1.54, 1.807) is 6.08 Å². The second-order valence-corrected chi connectivity index (χ2v) is 11.4. The Hall–Kier alpha value is -1.74. The van der Waals surface area contributed by atoms with Crippen molar-refractivity contribution in [2.24, 2.45) is 0 Å². The van der Waals surface area contributed by atoms with Gasteiger partial charge in [-0.25, -0.2) is 4.79 Å². The van der Waals surface area contributed by atoms with E-state index in [1.165, 1.54) is 32.6 Å². The average molecular weight is 525 g/mol. The third-order valence-electron chi connectivity index (χ3n) is 7.02. The minimum Gasteiger partial charge on any atom is -0.387 e. The van der Waals surface area contributed by atoms with Gasteiger partial charge in [-0.05, 0) is 38.5 Å². The fraction of sp³-hybridized carbons (Fsp3) is 0.815. The van der Waals surface area contributed by atoms with Gasteiger partial charge in [0.2, 0.25) is 11.8 Å². The summed E-state index contributed by atoms with van der Waals surface area (Å²) in [6.45, 7) is 4.19. The first-order chi connectivity index (χ1) is 17.4. The van der Waals surface area contributed by atoms with Crippen LogP contribution in [-0.4, -0.2) is 64.7 Å². The van der Waals surface area contributed by atoms with Gasteiger partial charge >= 0.3 is 6.03 Å². The number of hydrogen-bond acceptors (Lipinski definition) is 5. The summed E-state index contributed by atoms with van der Waals surface area (Å²) in [5.74, 6) is 1.03. The Morgan fingerprint density at radius 1 is 1.08 bits per heavy atom. The molecule has 2 heterocycles. The summed E-state index contributed by atoms with van der Waals surface area (Å²) in [6, 6.07) is 0.271. The lowest BCUT2D eigenvalue weighted by Crippen LogP contribution is -2.40. The lowest BCUT2D eigenvalue weighted by atomic mass is 10.0. The fourth-order valence-electron chi connectivity index (χ4n) is 4.92. The molecule has 0 aromatic carbocycles. The quantitative estimate of drug-likeness (QED) is 0.100. The highest BCUT2D eigenvalue weighted by atomic mass is 32.2. The standard InChI is InChI=1S/C27H48N4O4S/c1-3-21(29-20(2)32)23(33)15-11-9-7-5-4-6-8-10-14-18-28-25(34)17-13-12-16-24-26-22(19-36-24)30-27(35)31-26/h11,15,21-24,26,33H,3-10,12-14,16-19H2,1-2H3,(H,28,34)(H,29,32)(H2,30,31,35)/b15-11+/t21-,22?,23+,24?,26?/m0/s1. The molecule has 0 saturated carbocycles. The minimum atomic E-state index is -0.626. The molecular formula is C27H48N4O4S. The van der Waals surface area contributed by atoms with E-state index in [4.69, 9.17) is 0 Å². The molecule has 0 aromatic rings. The first-order valence-electron chi connectivity index (χ1n) is 14.0. The minimum absolute atomic E-state index is 0.0403. The van der Waals surface area contributed by atoms with Crippen molar-refractivity contribution in [2.45, 2.75) is 127 Å². The van der Waals surface area contributed by atoms with Crippen molar-refractivity contribution in [3.63, 3.8) is 0 Å². The fourth-order valence-corrected chi connectivity index (χ4v) is 6.46. The van der Waals surface area contributed by atoms with Crippen LogP contribution in [0.4, 0.5) is 4.79 Å². The van der Waals surface area contributed by atoms with Crippen LogP contribution in [0.25, 0.3) is 0 Å². The van der Waals surface area contributed by atoms with Gasteiger partial charge in [0.05, 0.1) is 24.2 Å². The summed E-state index contributed by atoms with van der Waals surface area (Å²) in [7, 11) is 0. The Morgan fingerprint density at radius 2 is 1.81 bits per heavy atom. The van der Waals surface area contributed by atoms with E-state index in [9.17, 15) is 19.5 Å². The van der Waals surface area contributed by atoms with Crippen molar-refractivity contribution in [2.75, 3.05) is 12.3 Å². The molecule has 0 bridgehead atoms. The molecule has 0 spiro atoms. The van der Waals surface area contributed by atoms with Gasteiger partial charge in [-0.1, -0.05) is 57.6 Å². The van der Waals surface area contributed by atoms with E-state index >= 15 is 0 Å². The summed E-state index contributed by atoms with van der Waals surface area (Å²) in [6.07, 6.45) is 16.5. The van der Waals surface area contributed by atoms with Gasteiger partial charge in [0.1, 0.15) is 0 Å². The number of carbonyl (C=O) groups excluding carboxylic acids is 3. The van der Waals surface area contributed by atoms with Crippen molar-refractivity contribution in [1.82, 2.24) is 21.3 Å². The summed E-state index contributed by atoms with van der Waals surface area (Å²) in [5.41, 5.74) is 0. The van der Waals surface area contributed by atoms with E-state index in [1.807, 2.05) is 24.8 Å². The largest absolute Gasteiger partial charge is 0.387 e. The summed E-state index contributed by atoms with van der Waals surface area (Å²) in [5, 5.41) is 22.4. The van der Waals surface area contributed by atoms with Crippen LogP contribution in [0.15, 0.2) is 12.2 Å². The number of rotatable bonds is 19. The van der Waals surface area contributed by atoms with Crippen LogP contribution in [0.2, 0.25) is 0 Å². The molecule has 5 N–H and O–H groups in total. The molecule has 0 radical (unpaired) electrons. The van der Waals surface area contributed by atoms with E-state index in [0.29, 0.717) is 18.1 Å². The van der Waals surface area contributed by atoms with E-state index in [-0.39, 0.29) is 36.0 Å². The number of fused-ring (bicyclic) bond motifs is 1. The van der Waals surface area contributed by atoms with Gasteiger partial charge in [0.15, 0.2) is 0 Å². The number of allylic oxidation sites excluding steroid dienone is 1. The first kappa shape index (κ1) is 30.5. The zero-order valence-corrected chi connectivity index (χ0v) is 23.0. The maximum absolute atomic E-state index is 12.0. The maximum atomic E-state index is 12.0. The predicted molar refractivity (Wildman–Crippen MR) is 147 cm³/mol. The van der Waals surface area contributed by atoms with Crippen LogP contribution < -0.4 is 21.3 Å². The molecule has 4 amide bonds. The second kappa shape index (κ2) is 17.7. The van der Waals surface area contributed by atoms with Crippen molar-refractivity contribution in [1.29, 1.82) is 0 Å². The monoisotopic (exact) mass is 524 g/mol. The van der Waals surface area contributed by atoms with E-state index in [0.717, 1.165) is 57.2 Å². The van der Waals surface area contributed by atoms with Gasteiger partial charge in [0.25, 0.3) is 0 Å². The smallest absolute Gasteiger partial charge is 0.315 e. The maximum Gasteiger partial charge on any atom is 0.315 e. The molecule has 2 fully saturated rings. The zero-order chi connectivity index (χ0) is 26.2. The van der Waals surface area contributed by atoms with Crippen LogP contribution in [0.5, 0.6) is 0 Å². The third-order valence-corrected chi connectivity index (χ3v) is 8.53. The lowest BCUT2D eigenvalue weighted by molar-refractivity contribution is -0.121. The number of urea groups is 1.